The summed E-state index contributed by atoms with van der Waals surface area (Å²) in [5, 5.41) is 2.64. The van der Waals surface area contributed by atoms with E-state index in [0.29, 0.717) is 17.5 Å². The average molecular weight is 582 g/mol. The van der Waals surface area contributed by atoms with Crippen LogP contribution in [0.4, 0.5) is 0 Å². The van der Waals surface area contributed by atoms with Crippen LogP contribution in [0.3, 0.4) is 0 Å². The molecule has 0 bridgehead atoms. The third kappa shape index (κ3) is 4.85. The Balaban J connectivity index is 1.17. The Kier molecular flexibility index (Phi) is 6.55. The Morgan fingerprint density at radius 1 is 0.409 bits per heavy atom. The highest BCUT2D eigenvalue weighted by atomic mass is 32.1. The first-order valence-electron chi connectivity index (χ1n) is 14.7. The zero-order chi connectivity index (χ0) is 29.5. The second-order valence-corrected chi connectivity index (χ2v) is 12.0. The molecular weight excluding hydrogens is 555 g/mol. The van der Waals surface area contributed by atoms with Gasteiger partial charge in [0, 0.05) is 36.9 Å². The van der Waals surface area contributed by atoms with Gasteiger partial charge in [-0.15, -0.1) is 11.3 Å². The summed E-state index contributed by atoms with van der Waals surface area (Å²) in [6.07, 6.45) is 0. The summed E-state index contributed by atoms with van der Waals surface area (Å²) in [7, 11) is 0. The molecular formula is C40H27N3S. The van der Waals surface area contributed by atoms with E-state index in [9.17, 15) is 0 Å². The fourth-order valence-corrected chi connectivity index (χ4v) is 6.95. The maximum absolute atomic E-state index is 4.94. The maximum Gasteiger partial charge on any atom is 0.164 e. The first-order valence-corrected chi connectivity index (χ1v) is 15.5. The van der Waals surface area contributed by atoms with Gasteiger partial charge in [-0.1, -0.05) is 139 Å². The van der Waals surface area contributed by atoms with Crippen molar-refractivity contribution in [1.82, 2.24) is 15.0 Å². The molecule has 2 heterocycles. The number of rotatable bonds is 5. The summed E-state index contributed by atoms with van der Waals surface area (Å²) < 4.78 is 2.65. The highest BCUT2D eigenvalue weighted by Crippen LogP contribution is 2.40. The normalized spacial score (nSPS) is 11.3. The van der Waals surface area contributed by atoms with Crippen LogP contribution in [0.15, 0.2) is 146 Å². The number of nitrogens with zero attached hydrogens (tertiary/aromatic N) is 3. The maximum atomic E-state index is 4.94. The molecule has 0 N–H and O–H groups in total. The van der Waals surface area contributed by atoms with Gasteiger partial charge in [0.15, 0.2) is 17.5 Å². The Labute approximate surface area is 260 Å². The molecule has 0 saturated heterocycles. The van der Waals surface area contributed by atoms with Crippen LogP contribution in [0.25, 0.3) is 76.6 Å². The predicted octanol–water partition coefficient (Wildman–Crippen LogP) is 10.9. The number of hydrogen-bond donors (Lipinski definition) is 0. The highest BCUT2D eigenvalue weighted by molar-refractivity contribution is 7.26. The topological polar surface area (TPSA) is 38.7 Å². The quantitative estimate of drug-likeness (QED) is 0.203. The van der Waals surface area contributed by atoms with Crippen molar-refractivity contribution in [1.29, 1.82) is 0 Å². The van der Waals surface area contributed by atoms with Gasteiger partial charge < -0.3 is 0 Å². The van der Waals surface area contributed by atoms with Crippen LogP contribution in [0, 0.1) is 6.92 Å². The summed E-state index contributed by atoms with van der Waals surface area (Å²) in [5.41, 5.74) is 8.84. The minimum absolute atomic E-state index is 0.657. The van der Waals surface area contributed by atoms with Crippen molar-refractivity contribution < 1.29 is 0 Å². The third-order valence-corrected chi connectivity index (χ3v) is 9.25. The molecule has 208 valence electrons. The lowest BCUT2D eigenvalue weighted by atomic mass is 9.98. The molecule has 0 unspecified atom stereocenters. The summed E-state index contributed by atoms with van der Waals surface area (Å²) in [6.45, 7) is 2.08. The minimum atomic E-state index is 0.657. The van der Waals surface area contributed by atoms with Crippen LogP contribution in [-0.2, 0) is 0 Å². The summed E-state index contributed by atoms with van der Waals surface area (Å²) in [5.74, 6) is 1.99. The van der Waals surface area contributed by atoms with Gasteiger partial charge in [0.25, 0.3) is 0 Å². The van der Waals surface area contributed by atoms with E-state index in [1.807, 2.05) is 41.7 Å². The average Bonchev–Trinajstić information content (AvgIpc) is 3.48. The van der Waals surface area contributed by atoms with Crippen LogP contribution in [0.1, 0.15) is 5.56 Å². The van der Waals surface area contributed by atoms with E-state index in [4.69, 9.17) is 15.0 Å². The Hall–Kier alpha value is -5.45. The summed E-state index contributed by atoms with van der Waals surface area (Å²) >= 11 is 1.86. The van der Waals surface area contributed by atoms with Crippen LogP contribution in [0.5, 0.6) is 0 Å². The van der Waals surface area contributed by atoms with E-state index in [1.165, 1.54) is 36.9 Å². The molecule has 2 aromatic heterocycles. The van der Waals surface area contributed by atoms with E-state index in [1.54, 1.807) is 0 Å². The van der Waals surface area contributed by atoms with E-state index >= 15 is 0 Å². The van der Waals surface area contributed by atoms with Crippen molar-refractivity contribution in [2.45, 2.75) is 6.92 Å². The summed E-state index contributed by atoms with van der Waals surface area (Å²) in [6, 6.07) is 51.0. The first-order chi connectivity index (χ1) is 21.7. The number of aromatic nitrogens is 3. The molecule has 0 fully saturated rings. The van der Waals surface area contributed by atoms with Gasteiger partial charge in [-0.05, 0) is 41.3 Å². The SMILES string of the molecule is Cc1ccc(-c2nc(-c3ccccc3)nc(-c3cccc(-c4ccc(-c5cccc6c5sc5ccccc56)cc4)c3)n2)cc1. The van der Waals surface area contributed by atoms with E-state index in [2.05, 4.69) is 122 Å². The second kappa shape index (κ2) is 11.0. The third-order valence-electron chi connectivity index (χ3n) is 8.03. The van der Waals surface area contributed by atoms with Crippen LogP contribution < -0.4 is 0 Å². The van der Waals surface area contributed by atoms with Gasteiger partial charge in [0.1, 0.15) is 0 Å². The molecule has 0 amide bonds. The van der Waals surface area contributed by atoms with E-state index in [-0.39, 0.29) is 0 Å². The number of hydrogen-bond acceptors (Lipinski definition) is 4. The standard InChI is InChI=1S/C40H27N3S/c1-26-17-19-30(20-18-26)39-41-38(29-9-3-2-4-10-29)42-40(43-39)32-12-7-11-31(25-32)27-21-23-28(24-22-27)33-14-8-15-35-34-13-5-6-16-36(34)44-37(33)35/h2-25H,1H3. The molecule has 0 aliphatic carbocycles. The van der Waals surface area contributed by atoms with Crippen molar-refractivity contribution >= 4 is 31.5 Å². The Bertz CT molecular complexity index is 2270. The second-order valence-electron chi connectivity index (χ2n) is 11.0. The Morgan fingerprint density at radius 3 is 1.73 bits per heavy atom. The molecule has 0 aliphatic heterocycles. The van der Waals surface area contributed by atoms with Gasteiger partial charge in [0.05, 0.1) is 0 Å². The molecule has 8 rings (SSSR count). The van der Waals surface area contributed by atoms with Crippen LogP contribution in [0.2, 0.25) is 0 Å². The first kappa shape index (κ1) is 26.2. The molecule has 0 radical (unpaired) electrons. The molecule has 44 heavy (non-hydrogen) atoms. The zero-order valence-electron chi connectivity index (χ0n) is 24.1. The fraction of sp³-hybridized carbons (Fsp3) is 0.0250. The number of aryl methyl sites for hydroxylation is 1. The van der Waals surface area contributed by atoms with Crippen LogP contribution in [-0.4, -0.2) is 15.0 Å². The lowest BCUT2D eigenvalue weighted by Crippen LogP contribution is -2.00. The van der Waals surface area contributed by atoms with Gasteiger partial charge in [-0.2, -0.15) is 0 Å². The molecule has 6 aromatic carbocycles. The molecule has 0 atom stereocenters. The Morgan fingerprint density at radius 2 is 0.955 bits per heavy atom. The van der Waals surface area contributed by atoms with Crippen molar-refractivity contribution in [3.8, 4) is 56.4 Å². The van der Waals surface area contributed by atoms with Crippen molar-refractivity contribution in [2.75, 3.05) is 0 Å². The van der Waals surface area contributed by atoms with Gasteiger partial charge in [-0.3, -0.25) is 0 Å². The highest BCUT2D eigenvalue weighted by Gasteiger charge is 2.14. The van der Waals surface area contributed by atoms with Crippen molar-refractivity contribution in [2.24, 2.45) is 0 Å². The molecule has 0 saturated carbocycles. The lowest BCUT2D eigenvalue weighted by molar-refractivity contribution is 1.07. The van der Waals surface area contributed by atoms with Crippen molar-refractivity contribution in [3.63, 3.8) is 0 Å². The number of benzene rings is 6. The number of thiophene rings is 1. The number of fused-ring (bicyclic) bond motifs is 3. The molecule has 4 heteroatoms. The molecule has 0 spiro atoms. The van der Waals surface area contributed by atoms with E-state index < -0.39 is 0 Å². The zero-order valence-corrected chi connectivity index (χ0v) is 24.9. The van der Waals surface area contributed by atoms with Gasteiger partial charge in [-0.25, -0.2) is 15.0 Å². The minimum Gasteiger partial charge on any atom is -0.208 e. The molecule has 8 aromatic rings. The van der Waals surface area contributed by atoms with E-state index in [0.717, 1.165) is 27.8 Å². The van der Waals surface area contributed by atoms with Crippen LogP contribution >= 0.6 is 11.3 Å². The predicted molar refractivity (Wildman–Crippen MR) is 185 cm³/mol. The van der Waals surface area contributed by atoms with Crippen molar-refractivity contribution in [3.05, 3.63) is 151 Å². The smallest absolute Gasteiger partial charge is 0.164 e. The fourth-order valence-electron chi connectivity index (χ4n) is 5.71. The molecule has 0 aliphatic rings. The largest absolute Gasteiger partial charge is 0.208 e. The summed E-state index contributed by atoms with van der Waals surface area (Å²) in [4.78, 5) is 14.7. The lowest BCUT2D eigenvalue weighted by Gasteiger charge is -2.10. The van der Waals surface area contributed by atoms with Gasteiger partial charge in [0.2, 0.25) is 0 Å². The van der Waals surface area contributed by atoms with Gasteiger partial charge >= 0.3 is 0 Å². The molecule has 3 nitrogen and oxygen atoms in total. The monoisotopic (exact) mass is 581 g/mol.